The molecule has 0 radical (unpaired) electrons. The van der Waals surface area contributed by atoms with Gasteiger partial charge in [0.1, 0.15) is 5.82 Å². The molecule has 0 aliphatic rings. The lowest BCUT2D eigenvalue weighted by molar-refractivity contribution is 0.506. The van der Waals surface area contributed by atoms with Crippen LogP contribution in [0, 0.1) is 11.7 Å². The Kier molecular flexibility index (Phi) is 6.13. The van der Waals surface area contributed by atoms with Crippen LogP contribution in [0.5, 0.6) is 0 Å². The molecule has 1 unspecified atom stereocenters. The Bertz CT molecular complexity index is 352. The fourth-order valence-corrected chi connectivity index (χ4v) is 2.10. The predicted octanol–water partition coefficient (Wildman–Crippen LogP) is 3.29. The lowest BCUT2D eigenvalue weighted by Crippen LogP contribution is -2.41. The van der Waals surface area contributed by atoms with E-state index in [-0.39, 0.29) is 11.9 Å². The largest absolute Gasteiger partial charge is 0.365 e. The molecule has 3 heteroatoms. The van der Waals surface area contributed by atoms with E-state index in [2.05, 4.69) is 37.9 Å². The second kappa shape index (κ2) is 7.37. The highest BCUT2D eigenvalue weighted by Gasteiger charge is 2.15. The molecule has 0 aliphatic carbocycles. The SMILES string of the molecule is CCN(c1ccccc1F)C(C)CNCC(C)C. The van der Waals surface area contributed by atoms with Crippen molar-refractivity contribution in [2.75, 3.05) is 24.5 Å². The average molecular weight is 252 g/mol. The van der Waals surface area contributed by atoms with Gasteiger partial charge in [0.05, 0.1) is 5.69 Å². The normalized spacial score (nSPS) is 12.8. The first kappa shape index (κ1) is 15.0. The first-order valence-electron chi connectivity index (χ1n) is 6.78. The molecular weight excluding hydrogens is 227 g/mol. The van der Waals surface area contributed by atoms with E-state index in [1.165, 1.54) is 6.07 Å². The Morgan fingerprint density at radius 1 is 1.17 bits per heavy atom. The predicted molar refractivity (Wildman–Crippen MR) is 76.6 cm³/mol. The minimum absolute atomic E-state index is 0.143. The number of halogens is 1. The third-order valence-electron chi connectivity index (χ3n) is 3.03. The quantitative estimate of drug-likeness (QED) is 0.801. The van der Waals surface area contributed by atoms with Gasteiger partial charge in [-0.05, 0) is 38.4 Å². The molecule has 0 saturated carbocycles. The van der Waals surface area contributed by atoms with Crippen molar-refractivity contribution in [3.05, 3.63) is 30.1 Å². The fourth-order valence-electron chi connectivity index (χ4n) is 2.10. The summed E-state index contributed by atoms with van der Waals surface area (Å²) in [5.74, 6) is 0.496. The van der Waals surface area contributed by atoms with Gasteiger partial charge in [0.25, 0.3) is 0 Å². The first-order chi connectivity index (χ1) is 8.56. The van der Waals surface area contributed by atoms with Crippen LogP contribution in [0.15, 0.2) is 24.3 Å². The molecule has 102 valence electrons. The first-order valence-corrected chi connectivity index (χ1v) is 6.78. The second-order valence-corrected chi connectivity index (χ2v) is 5.14. The molecule has 0 saturated heterocycles. The van der Waals surface area contributed by atoms with E-state index < -0.39 is 0 Å². The Labute approximate surface area is 110 Å². The number of hydrogen-bond donors (Lipinski definition) is 1. The summed E-state index contributed by atoms with van der Waals surface area (Å²) in [5, 5.41) is 3.42. The van der Waals surface area contributed by atoms with Crippen LogP contribution in [0.3, 0.4) is 0 Å². The van der Waals surface area contributed by atoms with Crippen molar-refractivity contribution in [1.29, 1.82) is 0 Å². The van der Waals surface area contributed by atoms with E-state index in [0.717, 1.165) is 19.6 Å². The van der Waals surface area contributed by atoms with E-state index in [9.17, 15) is 4.39 Å². The highest BCUT2D eigenvalue weighted by atomic mass is 19.1. The molecule has 1 aromatic carbocycles. The summed E-state index contributed by atoms with van der Waals surface area (Å²) in [7, 11) is 0. The summed E-state index contributed by atoms with van der Waals surface area (Å²) < 4.78 is 13.8. The number of nitrogens with one attached hydrogen (secondary N) is 1. The number of rotatable bonds is 7. The van der Waals surface area contributed by atoms with Gasteiger partial charge in [-0.15, -0.1) is 0 Å². The van der Waals surface area contributed by atoms with Crippen LogP contribution in [0.2, 0.25) is 0 Å². The smallest absolute Gasteiger partial charge is 0.146 e. The fraction of sp³-hybridized carbons (Fsp3) is 0.600. The van der Waals surface area contributed by atoms with Gasteiger partial charge in [-0.1, -0.05) is 26.0 Å². The Hall–Kier alpha value is -1.09. The van der Waals surface area contributed by atoms with Gasteiger partial charge >= 0.3 is 0 Å². The molecule has 0 aliphatic heterocycles. The van der Waals surface area contributed by atoms with Crippen LogP contribution >= 0.6 is 0 Å². The van der Waals surface area contributed by atoms with E-state index in [0.29, 0.717) is 11.6 Å². The van der Waals surface area contributed by atoms with E-state index in [4.69, 9.17) is 0 Å². The van der Waals surface area contributed by atoms with Crippen molar-refractivity contribution in [2.45, 2.75) is 33.7 Å². The number of para-hydroxylation sites is 1. The van der Waals surface area contributed by atoms with Crippen LogP contribution in [0.1, 0.15) is 27.7 Å². The van der Waals surface area contributed by atoms with Crippen LogP contribution in [0.25, 0.3) is 0 Å². The monoisotopic (exact) mass is 252 g/mol. The lowest BCUT2D eigenvalue weighted by atomic mass is 10.2. The molecule has 0 fully saturated rings. The minimum atomic E-state index is -0.143. The highest BCUT2D eigenvalue weighted by molar-refractivity contribution is 5.48. The van der Waals surface area contributed by atoms with Gasteiger partial charge in [0, 0.05) is 19.1 Å². The molecule has 18 heavy (non-hydrogen) atoms. The molecule has 0 spiro atoms. The van der Waals surface area contributed by atoms with Crippen LogP contribution in [-0.4, -0.2) is 25.7 Å². The molecular formula is C15H25FN2. The lowest BCUT2D eigenvalue weighted by Gasteiger charge is -2.31. The third kappa shape index (κ3) is 4.30. The summed E-state index contributed by atoms with van der Waals surface area (Å²) in [4.78, 5) is 2.10. The molecule has 1 rings (SSSR count). The number of likely N-dealkylation sites (N-methyl/N-ethyl adjacent to an activating group) is 1. The van der Waals surface area contributed by atoms with Gasteiger partial charge in [-0.3, -0.25) is 0 Å². The summed E-state index contributed by atoms with van der Waals surface area (Å²) in [6.45, 7) is 11.2. The molecule has 0 heterocycles. The third-order valence-corrected chi connectivity index (χ3v) is 3.03. The standard InChI is InChI=1S/C15H25FN2/c1-5-18(13(4)11-17-10-12(2)3)15-9-7-6-8-14(15)16/h6-9,12-13,17H,5,10-11H2,1-4H3. The maximum absolute atomic E-state index is 13.8. The Morgan fingerprint density at radius 3 is 2.39 bits per heavy atom. The van der Waals surface area contributed by atoms with Crippen molar-refractivity contribution in [3.63, 3.8) is 0 Å². The van der Waals surface area contributed by atoms with Crippen LogP contribution < -0.4 is 10.2 Å². The van der Waals surface area contributed by atoms with Gasteiger partial charge in [-0.2, -0.15) is 0 Å². The molecule has 0 bridgehead atoms. The summed E-state index contributed by atoms with van der Waals surface area (Å²) in [5.41, 5.74) is 0.693. The van der Waals surface area contributed by atoms with Gasteiger partial charge < -0.3 is 10.2 Å². The van der Waals surface area contributed by atoms with Crippen molar-refractivity contribution in [1.82, 2.24) is 5.32 Å². The zero-order valence-electron chi connectivity index (χ0n) is 11.9. The van der Waals surface area contributed by atoms with E-state index in [1.807, 2.05) is 12.1 Å². The molecule has 1 aromatic rings. The average Bonchev–Trinajstić information content (AvgIpc) is 2.32. The molecule has 0 aromatic heterocycles. The summed E-state index contributed by atoms with van der Waals surface area (Å²) >= 11 is 0. The topological polar surface area (TPSA) is 15.3 Å². The molecule has 0 amide bonds. The number of nitrogens with zero attached hydrogens (tertiary/aromatic N) is 1. The van der Waals surface area contributed by atoms with Crippen molar-refractivity contribution >= 4 is 5.69 Å². The molecule has 2 nitrogen and oxygen atoms in total. The maximum Gasteiger partial charge on any atom is 0.146 e. The Morgan fingerprint density at radius 2 is 1.83 bits per heavy atom. The summed E-state index contributed by atoms with van der Waals surface area (Å²) in [6.07, 6.45) is 0. The van der Waals surface area contributed by atoms with Crippen LogP contribution in [0.4, 0.5) is 10.1 Å². The second-order valence-electron chi connectivity index (χ2n) is 5.14. The zero-order valence-corrected chi connectivity index (χ0v) is 11.9. The summed E-state index contributed by atoms with van der Waals surface area (Å²) in [6, 6.07) is 7.26. The number of anilines is 1. The van der Waals surface area contributed by atoms with E-state index in [1.54, 1.807) is 6.07 Å². The molecule has 1 N–H and O–H groups in total. The Balaban J connectivity index is 2.63. The van der Waals surface area contributed by atoms with Gasteiger partial charge in [-0.25, -0.2) is 4.39 Å². The van der Waals surface area contributed by atoms with Crippen molar-refractivity contribution < 1.29 is 4.39 Å². The van der Waals surface area contributed by atoms with Crippen LogP contribution in [-0.2, 0) is 0 Å². The van der Waals surface area contributed by atoms with E-state index >= 15 is 0 Å². The number of benzene rings is 1. The van der Waals surface area contributed by atoms with Gasteiger partial charge in [0.15, 0.2) is 0 Å². The van der Waals surface area contributed by atoms with Crippen molar-refractivity contribution in [3.8, 4) is 0 Å². The zero-order chi connectivity index (χ0) is 13.5. The highest BCUT2D eigenvalue weighted by Crippen LogP contribution is 2.20. The maximum atomic E-state index is 13.8. The molecule has 1 atom stereocenters. The number of hydrogen-bond acceptors (Lipinski definition) is 2. The van der Waals surface area contributed by atoms with Crippen molar-refractivity contribution in [2.24, 2.45) is 5.92 Å². The minimum Gasteiger partial charge on any atom is -0.365 e. The van der Waals surface area contributed by atoms with Gasteiger partial charge in [0.2, 0.25) is 0 Å².